The van der Waals surface area contributed by atoms with Crippen molar-refractivity contribution in [1.29, 1.82) is 5.41 Å². The first-order valence-electron chi connectivity index (χ1n) is 15.8. The summed E-state index contributed by atoms with van der Waals surface area (Å²) in [5.74, 6) is 2.16. The number of benzene rings is 2. The third-order valence-electron chi connectivity index (χ3n) is 9.61. The minimum atomic E-state index is -0.125. The van der Waals surface area contributed by atoms with Gasteiger partial charge in [-0.2, -0.15) is 11.3 Å². The largest absolute Gasteiger partial charge is 0.490 e. The van der Waals surface area contributed by atoms with Crippen molar-refractivity contribution in [2.24, 2.45) is 11.8 Å². The molecule has 222 valence electrons. The summed E-state index contributed by atoms with van der Waals surface area (Å²) in [5, 5.41) is 16.4. The number of ether oxygens (including phenoxy) is 1. The highest BCUT2D eigenvalue weighted by molar-refractivity contribution is 7.08. The molecule has 2 aliphatic carbocycles. The van der Waals surface area contributed by atoms with Crippen molar-refractivity contribution < 1.29 is 9.53 Å². The summed E-state index contributed by atoms with van der Waals surface area (Å²) in [5.41, 5.74) is 10.1. The Balaban J connectivity index is 1.07. The minimum Gasteiger partial charge on any atom is -0.490 e. The minimum absolute atomic E-state index is 0.0218. The van der Waals surface area contributed by atoms with Gasteiger partial charge in [0.25, 0.3) is 5.91 Å². The second-order valence-corrected chi connectivity index (χ2v) is 13.3. The molecule has 2 unspecified atom stereocenters. The fourth-order valence-corrected chi connectivity index (χ4v) is 7.25. The zero-order chi connectivity index (χ0) is 29.1. The molecule has 1 aromatic heterocycles. The smallest absolute Gasteiger partial charge is 0.251 e. The van der Waals surface area contributed by atoms with Crippen molar-refractivity contribution in [3.8, 4) is 5.75 Å². The van der Waals surface area contributed by atoms with Gasteiger partial charge in [0.05, 0.1) is 11.8 Å². The van der Waals surface area contributed by atoms with E-state index in [1.54, 1.807) is 29.5 Å². The van der Waals surface area contributed by atoms with Crippen LogP contribution in [-0.2, 0) is 0 Å². The molecule has 6 nitrogen and oxygen atoms in total. The third-order valence-corrected chi connectivity index (χ3v) is 10.3. The number of rotatable bonds is 12. The van der Waals surface area contributed by atoms with Gasteiger partial charge in [-0.15, -0.1) is 0 Å². The van der Waals surface area contributed by atoms with Crippen molar-refractivity contribution in [2.45, 2.75) is 82.9 Å². The van der Waals surface area contributed by atoms with E-state index in [2.05, 4.69) is 34.0 Å². The predicted octanol–water partition coefficient (Wildman–Crippen LogP) is 7.44. The van der Waals surface area contributed by atoms with Crippen LogP contribution in [-0.4, -0.2) is 41.8 Å². The lowest BCUT2D eigenvalue weighted by Gasteiger charge is -2.37. The van der Waals surface area contributed by atoms with Crippen LogP contribution in [0.3, 0.4) is 0 Å². The molecule has 7 heteroatoms. The second-order valence-electron chi connectivity index (χ2n) is 12.5. The van der Waals surface area contributed by atoms with Gasteiger partial charge < -0.3 is 20.7 Å². The van der Waals surface area contributed by atoms with E-state index in [4.69, 9.17) is 15.9 Å². The Morgan fingerprint density at radius 3 is 2.40 bits per heavy atom. The second kappa shape index (κ2) is 13.0. The van der Waals surface area contributed by atoms with Crippen LogP contribution in [0.15, 0.2) is 59.3 Å². The van der Waals surface area contributed by atoms with Crippen LogP contribution in [0.4, 0.5) is 5.69 Å². The van der Waals surface area contributed by atoms with Gasteiger partial charge in [-0.25, -0.2) is 0 Å². The Morgan fingerprint density at radius 1 is 1.05 bits per heavy atom. The summed E-state index contributed by atoms with van der Waals surface area (Å²) in [4.78, 5) is 16.0. The molecule has 0 spiro atoms. The molecule has 1 saturated heterocycles. The molecule has 2 saturated carbocycles. The number of nitrogens with one attached hydrogen (secondary N) is 2. The number of piperidine rings is 1. The molecule has 3 aliphatic rings. The van der Waals surface area contributed by atoms with Gasteiger partial charge >= 0.3 is 0 Å². The SMILES string of the molecule is CCC(CC1CC1)N1CCC(Oc2ccc(C(=N)c3cc(C(=O)NC(c4ccsc4)C4CCC4)ccc3N)cc2)CC1. The van der Waals surface area contributed by atoms with Crippen LogP contribution >= 0.6 is 11.3 Å². The molecular weight excluding hydrogens is 540 g/mol. The fourth-order valence-electron chi connectivity index (χ4n) is 6.56. The van der Waals surface area contributed by atoms with E-state index < -0.39 is 0 Å². The molecule has 2 heterocycles. The van der Waals surface area contributed by atoms with Gasteiger partial charge in [0.15, 0.2) is 0 Å². The molecule has 3 fully saturated rings. The first-order valence-corrected chi connectivity index (χ1v) is 16.7. The van der Waals surface area contributed by atoms with Crippen molar-refractivity contribution in [3.63, 3.8) is 0 Å². The van der Waals surface area contributed by atoms with Crippen LogP contribution in [0.25, 0.3) is 0 Å². The predicted molar refractivity (Wildman–Crippen MR) is 172 cm³/mol. The van der Waals surface area contributed by atoms with Crippen molar-refractivity contribution in [2.75, 3.05) is 18.8 Å². The van der Waals surface area contributed by atoms with E-state index in [0.717, 1.165) is 62.0 Å². The van der Waals surface area contributed by atoms with E-state index in [1.165, 1.54) is 37.7 Å². The van der Waals surface area contributed by atoms with Crippen LogP contribution in [0, 0.1) is 17.2 Å². The summed E-state index contributed by atoms with van der Waals surface area (Å²) in [6.07, 6.45) is 11.3. The van der Waals surface area contributed by atoms with Crippen LogP contribution < -0.4 is 15.8 Å². The number of thiophene rings is 1. The molecule has 42 heavy (non-hydrogen) atoms. The van der Waals surface area contributed by atoms with E-state index in [0.29, 0.717) is 28.4 Å². The van der Waals surface area contributed by atoms with Gasteiger partial charge in [0.1, 0.15) is 11.9 Å². The lowest BCUT2D eigenvalue weighted by molar-refractivity contribution is 0.0694. The maximum absolute atomic E-state index is 13.3. The Bertz CT molecular complexity index is 1360. The van der Waals surface area contributed by atoms with Crippen molar-refractivity contribution in [1.82, 2.24) is 10.2 Å². The first kappa shape index (κ1) is 28.9. The van der Waals surface area contributed by atoms with Gasteiger partial charge in [-0.1, -0.05) is 26.2 Å². The number of hydrogen-bond donors (Lipinski definition) is 3. The van der Waals surface area contributed by atoms with E-state index in [1.807, 2.05) is 24.3 Å². The molecule has 0 radical (unpaired) electrons. The van der Waals surface area contributed by atoms with Gasteiger partial charge in [-0.3, -0.25) is 10.2 Å². The summed E-state index contributed by atoms with van der Waals surface area (Å²) < 4.78 is 6.35. The lowest BCUT2D eigenvalue weighted by Crippen LogP contribution is -2.44. The number of likely N-dealkylation sites (tertiary alicyclic amines) is 1. The topological polar surface area (TPSA) is 91.4 Å². The highest BCUT2D eigenvalue weighted by atomic mass is 32.1. The van der Waals surface area contributed by atoms with Gasteiger partial charge in [0, 0.05) is 41.5 Å². The maximum Gasteiger partial charge on any atom is 0.251 e. The normalized spacial score (nSPS) is 19.5. The highest BCUT2D eigenvalue weighted by Crippen LogP contribution is 2.39. The molecular formula is C35H44N4O2S. The molecule has 2 atom stereocenters. The van der Waals surface area contributed by atoms with Crippen molar-refractivity contribution >= 4 is 28.6 Å². The molecule has 1 aliphatic heterocycles. The van der Waals surface area contributed by atoms with E-state index in [9.17, 15) is 4.79 Å². The molecule has 3 aromatic rings. The van der Waals surface area contributed by atoms with Gasteiger partial charge in [-0.05, 0) is 115 Å². The highest BCUT2D eigenvalue weighted by Gasteiger charge is 2.31. The maximum atomic E-state index is 13.3. The quantitative estimate of drug-likeness (QED) is 0.152. The average molecular weight is 585 g/mol. The first-order chi connectivity index (χ1) is 20.5. The standard InChI is InChI=1S/C35H44N4O2S/c1-2-28(20-23-6-7-23)39-17-14-30(15-18-39)41-29-11-8-24(9-12-29)33(37)31-21-26(10-13-32(31)36)35(40)38-34(25-4-3-5-25)27-16-19-42-22-27/h8-13,16,19,21-23,25,28,30,34,37H,2-7,14-15,17-18,20,36H2,1H3,(H,38,40). The Hall–Kier alpha value is -3.16. The van der Waals surface area contributed by atoms with Crippen LogP contribution in [0.5, 0.6) is 5.75 Å². The van der Waals surface area contributed by atoms with Crippen LogP contribution in [0.2, 0.25) is 0 Å². The Labute approximate surface area is 254 Å². The average Bonchev–Trinajstić information content (AvgIpc) is 3.64. The van der Waals surface area contributed by atoms with E-state index in [-0.39, 0.29) is 18.1 Å². The Morgan fingerprint density at radius 2 is 1.79 bits per heavy atom. The molecule has 1 amide bonds. The Kier molecular flexibility index (Phi) is 8.96. The number of nitrogens with zero attached hydrogens (tertiary/aromatic N) is 1. The summed E-state index contributed by atoms with van der Waals surface area (Å²) in [6, 6.07) is 15.8. The third kappa shape index (κ3) is 6.73. The summed E-state index contributed by atoms with van der Waals surface area (Å²) >= 11 is 1.66. The van der Waals surface area contributed by atoms with Crippen molar-refractivity contribution in [3.05, 3.63) is 81.5 Å². The van der Waals surface area contributed by atoms with Gasteiger partial charge in [0.2, 0.25) is 0 Å². The monoisotopic (exact) mass is 584 g/mol. The summed E-state index contributed by atoms with van der Waals surface area (Å²) in [6.45, 7) is 4.54. The zero-order valence-corrected chi connectivity index (χ0v) is 25.5. The number of carbonyl (C=O) groups is 1. The number of nitrogens with two attached hydrogens (primary N) is 1. The van der Waals surface area contributed by atoms with Crippen LogP contribution in [0.1, 0.15) is 97.8 Å². The number of nitrogen functional groups attached to an aromatic ring is 1. The number of hydrogen-bond acceptors (Lipinski definition) is 6. The number of amides is 1. The lowest BCUT2D eigenvalue weighted by atomic mass is 9.77. The zero-order valence-electron chi connectivity index (χ0n) is 24.7. The van der Waals surface area contributed by atoms with E-state index >= 15 is 0 Å². The molecule has 4 N–H and O–H groups in total. The number of carbonyl (C=O) groups excluding carboxylic acids is 1. The summed E-state index contributed by atoms with van der Waals surface area (Å²) in [7, 11) is 0. The molecule has 0 bridgehead atoms. The molecule has 2 aromatic carbocycles. The molecule has 6 rings (SSSR count). The fraction of sp³-hybridized carbons (Fsp3) is 0.486. The number of anilines is 1.